The van der Waals surface area contributed by atoms with Crippen LogP contribution >= 0.6 is 0 Å². The molecule has 4 saturated heterocycles. The molecule has 4 saturated carbocycles. The van der Waals surface area contributed by atoms with Crippen LogP contribution in [0.2, 0.25) is 0 Å². The van der Waals surface area contributed by atoms with Crippen molar-refractivity contribution in [3.8, 4) is 0 Å². The van der Waals surface area contributed by atoms with Gasteiger partial charge in [0.25, 0.3) is 0 Å². The summed E-state index contributed by atoms with van der Waals surface area (Å²) in [6.45, 7) is 18.4. The summed E-state index contributed by atoms with van der Waals surface area (Å²) in [4.78, 5) is 47.6. The lowest BCUT2D eigenvalue weighted by molar-refractivity contribution is -0.160. The van der Waals surface area contributed by atoms with Gasteiger partial charge in [0.05, 0.1) is 6.10 Å². The Morgan fingerprint density at radius 1 is 0.898 bits per heavy atom. The van der Waals surface area contributed by atoms with E-state index >= 15 is 0 Å². The third-order valence-electron chi connectivity index (χ3n) is 16.3. The van der Waals surface area contributed by atoms with E-state index in [9.17, 15) is 14.4 Å². The largest absolute Gasteiger partial charge is 0.357 e. The van der Waals surface area contributed by atoms with E-state index < -0.39 is 0 Å². The van der Waals surface area contributed by atoms with Crippen molar-refractivity contribution in [2.45, 2.75) is 123 Å². The molecule has 9 nitrogen and oxygen atoms in total. The topological polar surface area (TPSA) is 94.2 Å². The van der Waals surface area contributed by atoms with Gasteiger partial charge < -0.3 is 19.9 Å². The number of piperidine rings is 1. The predicted molar refractivity (Wildman–Crippen MR) is 189 cm³/mol. The van der Waals surface area contributed by atoms with E-state index in [4.69, 9.17) is 4.74 Å². The van der Waals surface area contributed by atoms with Crippen molar-refractivity contribution in [1.82, 2.24) is 25.3 Å². The molecule has 8 fully saturated rings. The Bertz CT molecular complexity index is 1270. The molecule has 0 unspecified atom stereocenters. The summed E-state index contributed by atoms with van der Waals surface area (Å²) in [5.74, 6) is 3.68. The van der Waals surface area contributed by atoms with E-state index in [0.717, 1.165) is 84.3 Å². The van der Waals surface area contributed by atoms with E-state index in [0.29, 0.717) is 47.2 Å². The first-order valence-electron chi connectivity index (χ1n) is 20.5. The Balaban J connectivity index is 0.838. The smallest absolute Gasteiger partial charge is 0.232 e. The summed E-state index contributed by atoms with van der Waals surface area (Å²) in [5, 5.41) is 7.11. The molecule has 12 atom stereocenters. The van der Waals surface area contributed by atoms with Gasteiger partial charge >= 0.3 is 0 Å². The number of carbonyl (C=O) groups excluding carboxylic acids is 3. The number of amides is 2. The van der Waals surface area contributed by atoms with Gasteiger partial charge in [0.2, 0.25) is 11.8 Å². The average Bonchev–Trinajstić information content (AvgIpc) is 3.78. The van der Waals surface area contributed by atoms with E-state index in [1.54, 1.807) is 0 Å². The van der Waals surface area contributed by atoms with Gasteiger partial charge in [-0.05, 0) is 112 Å². The quantitative estimate of drug-likeness (QED) is 0.405. The highest BCUT2D eigenvalue weighted by atomic mass is 16.5. The zero-order valence-corrected chi connectivity index (χ0v) is 31.0. The number of fused-ring (bicyclic) bond motifs is 7. The fourth-order valence-electron chi connectivity index (χ4n) is 13.3. The molecule has 8 aliphatic rings. The molecule has 274 valence electrons. The number of piperazine rings is 1. The van der Waals surface area contributed by atoms with Crippen LogP contribution < -0.4 is 10.6 Å². The first kappa shape index (κ1) is 34.5. The molecule has 0 aromatic rings. The molecule has 49 heavy (non-hydrogen) atoms. The van der Waals surface area contributed by atoms with Crippen molar-refractivity contribution in [2.24, 2.45) is 52.3 Å². The number of hydrogen-bond donors (Lipinski definition) is 2. The van der Waals surface area contributed by atoms with Gasteiger partial charge in [0.15, 0.2) is 0 Å². The van der Waals surface area contributed by atoms with Crippen LogP contribution in [0.5, 0.6) is 0 Å². The maximum absolute atomic E-state index is 14.5. The third kappa shape index (κ3) is 5.93. The lowest BCUT2D eigenvalue weighted by atomic mass is 9.44. The Morgan fingerprint density at radius 2 is 1.63 bits per heavy atom. The van der Waals surface area contributed by atoms with Crippen molar-refractivity contribution < 1.29 is 19.1 Å². The van der Waals surface area contributed by atoms with Crippen LogP contribution in [0.4, 0.5) is 0 Å². The molecular weight excluding hydrogens is 614 g/mol. The molecular formula is C40H65N5O4. The molecule has 2 N–H and O–H groups in total. The van der Waals surface area contributed by atoms with Crippen LogP contribution in [0, 0.1) is 52.3 Å². The number of nitrogens with zero attached hydrogens (tertiary/aromatic N) is 3. The lowest BCUT2D eigenvalue weighted by Crippen LogP contribution is -2.60. The van der Waals surface area contributed by atoms with Gasteiger partial charge in [-0.2, -0.15) is 0 Å². The number of carbonyl (C=O) groups is 3. The summed E-state index contributed by atoms with van der Waals surface area (Å²) in [6, 6.07) is 0.129. The van der Waals surface area contributed by atoms with Gasteiger partial charge in [-0.15, -0.1) is 0 Å². The number of ketones is 1. The van der Waals surface area contributed by atoms with E-state index in [1.807, 2.05) is 4.90 Å². The van der Waals surface area contributed by atoms with Gasteiger partial charge in [-0.25, -0.2) is 0 Å². The highest BCUT2D eigenvalue weighted by Gasteiger charge is 2.71. The highest BCUT2D eigenvalue weighted by Crippen LogP contribution is 2.70. The number of nitrogens with one attached hydrogen (secondary N) is 2. The summed E-state index contributed by atoms with van der Waals surface area (Å²) in [7, 11) is 0. The predicted octanol–water partition coefficient (Wildman–Crippen LogP) is 4.30. The van der Waals surface area contributed by atoms with Crippen molar-refractivity contribution >= 4 is 17.6 Å². The van der Waals surface area contributed by atoms with Gasteiger partial charge in [-0.1, -0.05) is 27.7 Å². The molecule has 0 radical (unpaired) electrons. The van der Waals surface area contributed by atoms with Gasteiger partial charge in [-0.3, -0.25) is 24.6 Å². The van der Waals surface area contributed by atoms with Crippen LogP contribution in [0.3, 0.4) is 0 Å². The molecule has 4 aliphatic heterocycles. The molecule has 0 aromatic heterocycles. The van der Waals surface area contributed by atoms with Crippen molar-refractivity contribution in [1.29, 1.82) is 0 Å². The van der Waals surface area contributed by atoms with Crippen LogP contribution in [-0.2, 0) is 19.1 Å². The minimum atomic E-state index is -0.277. The molecule has 4 heterocycles. The van der Waals surface area contributed by atoms with Crippen molar-refractivity contribution in [2.75, 3.05) is 58.9 Å². The molecule has 0 aromatic carbocycles. The fraction of sp³-hybridized carbons (Fsp3) is 0.925. The number of ether oxygens (including phenoxy) is 1. The van der Waals surface area contributed by atoms with Gasteiger partial charge in [0.1, 0.15) is 17.9 Å². The average molecular weight is 680 g/mol. The standard InChI is InChI=1S/C40H65N5O4/c1-26-9-12-40(41-25-26)27(2)37-33(49-40)22-32-30-8-7-28-21-29(10-11-38(28,3)31(30)23-34(46)39(32,37)4)42-35(47)24-36(48)45-19-17-44(18-20-45)16-15-43-13-5-6-14-43/h26-33,37,41H,5-25H2,1-4H3,(H,42,47)/t26-,27+,28+,29-,30-,31+,32+,33+,37+,38+,39-,40-/m1/s1. The minimum Gasteiger partial charge on any atom is -0.357 e. The first-order chi connectivity index (χ1) is 23.5. The maximum atomic E-state index is 14.5. The summed E-state index contributed by atoms with van der Waals surface area (Å²) in [6.07, 6.45) is 12.2. The normalized spacial score (nSPS) is 47.1. The highest BCUT2D eigenvalue weighted by molar-refractivity contribution is 5.97. The number of likely N-dealkylation sites (tertiary alicyclic amines) is 1. The Morgan fingerprint density at radius 3 is 2.35 bits per heavy atom. The summed E-state index contributed by atoms with van der Waals surface area (Å²) >= 11 is 0. The molecule has 2 amide bonds. The maximum Gasteiger partial charge on any atom is 0.232 e. The van der Waals surface area contributed by atoms with E-state index in [2.05, 4.69) is 48.1 Å². The van der Waals surface area contributed by atoms with Crippen molar-refractivity contribution in [3.05, 3.63) is 0 Å². The second-order valence-corrected chi connectivity index (χ2v) is 18.7. The Labute approximate surface area is 295 Å². The molecule has 1 spiro atoms. The summed E-state index contributed by atoms with van der Waals surface area (Å²) < 4.78 is 7.01. The number of Topliss-reactive ketones (excluding diaryl/α,β-unsaturated/α-hetero) is 1. The Kier molecular flexibility index (Phi) is 9.26. The van der Waals surface area contributed by atoms with Crippen LogP contribution in [0.1, 0.15) is 105 Å². The molecule has 4 aliphatic carbocycles. The SMILES string of the molecule is C[C@@H]1CC[C@@]2(NC1)O[C@H]1C[C@H]3[C@@H]4CC[C@H]5C[C@H](NC(=O)CC(=O)N6CCN(CCN7CCCC7)CC6)CC[C@]5(C)[C@H]4CC(=O)[C@]3(C)[C@H]1[C@@H]2C. The molecule has 9 heteroatoms. The van der Waals surface area contributed by atoms with Crippen LogP contribution in [-0.4, -0.2) is 109 Å². The molecule has 8 rings (SSSR count). The van der Waals surface area contributed by atoms with E-state index in [1.165, 1.54) is 45.2 Å². The van der Waals surface area contributed by atoms with Crippen LogP contribution in [0.25, 0.3) is 0 Å². The minimum absolute atomic E-state index is 0.0269. The number of rotatable bonds is 6. The zero-order valence-electron chi connectivity index (χ0n) is 31.0. The summed E-state index contributed by atoms with van der Waals surface area (Å²) in [5.41, 5.74) is -0.385. The number of hydrogen-bond acceptors (Lipinski definition) is 7. The first-order valence-corrected chi connectivity index (χ1v) is 20.5. The second-order valence-electron chi connectivity index (χ2n) is 18.7. The third-order valence-corrected chi connectivity index (χ3v) is 16.3. The van der Waals surface area contributed by atoms with Crippen LogP contribution in [0.15, 0.2) is 0 Å². The van der Waals surface area contributed by atoms with E-state index in [-0.39, 0.29) is 46.9 Å². The monoisotopic (exact) mass is 680 g/mol. The van der Waals surface area contributed by atoms with Gasteiger partial charge in [0, 0.05) is 75.5 Å². The Hall–Kier alpha value is -1.55. The molecule has 0 bridgehead atoms. The fourth-order valence-corrected chi connectivity index (χ4v) is 13.3. The van der Waals surface area contributed by atoms with Crippen molar-refractivity contribution in [3.63, 3.8) is 0 Å². The second kappa shape index (κ2) is 13.1. The lowest BCUT2D eigenvalue weighted by Gasteiger charge is -2.60. The zero-order chi connectivity index (χ0) is 34.1.